The number of rotatable bonds is 3. The molecule has 1 aromatic carbocycles. The van der Waals surface area contributed by atoms with E-state index in [4.69, 9.17) is 10.7 Å². The molecule has 0 saturated carbocycles. The Hall–Kier alpha value is -1.07. The summed E-state index contributed by atoms with van der Waals surface area (Å²) in [4.78, 5) is 13.4. The summed E-state index contributed by atoms with van der Waals surface area (Å²) in [6.45, 7) is 2.05. The van der Waals surface area contributed by atoms with Crippen LogP contribution in [0.15, 0.2) is 30.3 Å². The molecule has 2 atom stereocenters. The first-order valence-corrected chi connectivity index (χ1v) is 8.04. The fourth-order valence-corrected chi connectivity index (χ4v) is 3.21. The number of carbonyl (C=O) groups excluding carboxylic acids is 1. The smallest absolute Gasteiger partial charge is 0.237 e. The zero-order valence-electron chi connectivity index (χ0n) is 9.91. The fourth-order valence-electron chi connectivity index (χ4n) is 2.17. The van der Waals surface area contributed by atoms with Crippen LogP contribution in [-0.4, -0.2) is 31.0 Å². The highest BCUT2D eigenvalue weighted by Crippen LogP contribution is 2.29. The summed E-state index contributed by atoms with van der Waals surface area (Å²) < 4.78 is 22.5. The van der Waals surface area contributed by atoms with Gasteiger partial charge in [0.1, 0.15) is 5.25 Å². The van der Waals surface area contributed by atoms with Gasteiger partial charge in [0.05, 0.1) is 6.04 Å². The van der Waals surface area contributed by atoms with Crippen LogP contribution in [0.25, 0.3) is 0 Å². The molecule has 0 radical (unpaired) electrons. The van der Waals surface area contributed by atoms with Crippen LogP contribution in [0.4, 0.5) is 0 Å². The van der Waals surface area contributed by atoms with Crippen LogP contribution in [0.3, 0.4) is 0 Å². The number of hydrogen-bond donors (Lipinski definition) is 0. The van der Waals surface area contributed by atoms with Gasteiger partial charge in [-0.2, -0.15) is 0 Å². The van der Waals surface area contributed by atoms with Gasteiger partial charge in [0, 0.05) is 23.6 Å². The van der Waals surface area contributed by atoms with Crippen molar-refractivity contribution in [1.82, 2.24) is 4.90 Å². The molecule has 1 amide bonds. The second-order valence-electron chi connectivity index (χ2n) is 4.43. The highest BCUT2D eigenvalue weighted by Gasteiger charge is 2.39. The normalized spacial score (nSPS) is 22.2. The van der Waals surface area contributed by atoms with E-state index in [1.54, 1.807) is 4.90 Å². The number of amides is 1. The van der Waals surface area contributed by atoms with Gasteiger partial charge < -0.3 is 4.90 Å². The number of halogens is 1. The second-order valence-corrected chi connectivity index (χ2v) is 7.34. The van der Waals surface area contributed by atoms with Crippen LogP contribution in [0.1, 0.15) is 24.9 Å². The van der Waals surface area contributed by atoms with E-state index in [0.717, 1.165) is 5.56 Å². The minimum Gasteiger partial charge on any atom is -0.335 e. The molecular weight excluding hydrogens is 274 g/mol. The van der Waals surface area contributed by atoms with E-state index < -0.39 is 14.3 Å². The molecule has 2 rings (SSSR count). The largest absolute Gasteiger partial charge is 0.335 e. The molecule has 4 nitrogen and oxygen atoms in total. The van der Waals surface area contributed by atoms with Crippen LogP contribution in [0, 0.1) is 0 Å². The first kappa shape index (κ1) is 13.4. The monoisotopic (exact) mass is 287 g/mol. The molecule has 0 bridgehead atoms. The maximum absolute atomic E-state index is 11.8. The quantitative estimate of drug-likeness (QED) is 0.798. The lowest BCUT2D eigenvalue weighted by Crippen LogP contribution is -2.30. The number of benzene rings is 1. The molecule has 1 aliphatic rings. The zero-order chi connectivity index (χ0) is 13.3. The average molecular weight is 288 g/mol. The Morgan fingerprint density at radius 1 is 1.33 bits per heavy atom. The number of carbonyl (C=O) groups is 1. The van der Waals surface area contributed by atoms with Crippen LogP contribution in [0.5, 0.6) is 0 Å². The van der Waals surface area contributed by atoms with Crippen molar-refractivity contribution in [2.75, 3.05) is 6.54 Å². The van der Waals surface area contributed by atoms with Gasteiger partial charge in [-0.15, -0.1) is 0 Å². The van der Waals surface area contributed by atoms with Crippen LogP contribution in [0.2, 0.25) is 0 Å². The van der Waals surface area contributed by atoms with E-state index in [-0.39, 0.29) is 24.9 Å². The van der Waals surface area contributed by atoms with Gasteiger partial charge in [0.2, 0.25) is 15.0 Å². The highest BCUT2D eigenvalue weighted by atomic mass is 35.7. The fraction of sp³-hybridized carbons (Fsp3) is 0.417. The van der Waals surface area contributed by atoms with Crippen LogP contribution >= 0.6 is 10.7 Å². The molecular formula is C12H14ClNO3S. The van der Waals surface area contributed by atoms with Gasteiger partial charge in [0.15, 0.2) is 0 Å². The Bertz CT molecular complexity index is 544. The van der Waals surface area contributed by atoms with Crippen LogP contribution in [-0.2, 0) is 13.8 Å². The lowest BCUT2D eigenvalue weighted by atomic mass is 10.1. The van der Waals surface area contributed by atoms with E-state index in [0.29, 0.717) is 0 Å². The van der Waals surface area contributed by atoms with Crippen molar-refractivity contribution in [2.24, 2.45) is 0 Å². The molecule has 0 N–H and O–H groups in total. The maximum atomic E-state index is 11.8. The van der Waals surface area contributed by atoms with E-state index in [2.05, 4.69) is 0 Å². The number of likely N-dealkylation sites (tertiary alicyclic amines) is 1. The standard InChI is InChI=1S/C12H14ClNO3S/c1-9(10-5-3-2-4-6-10)14-8-11(7-12(14)15)18(13,16)17/h2-6,9,11H,7-8H2,1H3. The van der Waals surface area contributed by atoms with Gasteiger partial charge in [-0.3, -0.25) is 4.79 Å². The van der Waals surface area contributed by atoms with Crippen molar-refractivity contribution in [3.63, 3.8) is 0 Å². The topological polar surface area (TPSA) is 54.5 Å². The minimum atomic E-state index is -3.67. The first-order valence-electron chi connectivity index (χ1n) is 5.67. The second kappa shape index (κ2) is 4.90. The summed E-state index contributed by atoms with van der Waals surface area (Å²) in [5, 5.41) is -0.794. The van der Waals surface area contributed by atoms with Crippen molar-refractivity contribution >= 4 is 25.6 Å². The van der Waals surface area contributed by atoms with Crippen LogP contribution < -0.4 is 0 Å². The summed E-state index contributed by atoms with van der Waals surface area (Å²) in [7, 11) is 1.64. The minimum absolute atomic E-state index is 0.0248. The van der Waals surface area contributed by atoms with E-state index in [1.807, 2.05) is 37.3 Å². The third-order valence-corrected chi connectivity index (χ3v) is 5.14. The van der Waals surface area contributed by atoms with Gasteiger partial charge in [-0.05, 0) is 12.5 Å². The van der Waals surface area contributed by atoms with E-state index in [1.165, 1.54) is 0 Å². The predicted molar refractivity (Wildman–Crippen MR) is 69.7 cm³/mol. The molecule has 1 aromatic rings. The van der Waals surface area contributed by atoms with Gasteiger partial charge >= 0.3 is 0 Å². The molecule has 18 heavy (non-hydrogen) atoms. The molecule has 1 heterocycles. The van der Waals surface area contributed by atoms with Crippen molar-refractivity contribution < 1.29 is 13.2 Å². The molecule has 6 heteroatoms. The number of hydrogen-bond acceptors (Lipinski definition) is 3. The Labute approximate surface area is 111 Å². The molecule has 1 aliphatic heterocycles. The van der Waals surface area contributed by atoms with Gasteiger partial charge in [0.25, 0.3) is 0 Å². The molecule has 98 valence electrons. The van der Waals surface area contributed by atoms with Crippen molar-refractivity contribution in [1.29, 1.82) is 0 Å². The molecule has 0 aliphatic carbocycles. The zero-order valence-corrected chi connectivity index (χ0v) is 11.5. The Kier molecular flexibility index (Phi) is 3.64. The predicted octanol–water partition coefficient (Wildman–Crippen LogP) is 1.92. The number of nitrogens with zero attached hydrogens (tertiary/aromatic N) is 1. The Balaban J connectivity index is 2.18. The first-order chi connectivity index (χ1) is 8.39. The van der Waals surface area contributed by atoms with E-state index >= 15 is 0 Å². The van der Waals surface area contributed by atoms with Crippen molar-refractivity contribution in [2.45, 2.75) is 24.6 Å². The van der Waals surface area contributed by atoms with Crippen molar-refractivity contribution in [3.8, 4) is 0 Å². The molecule has 2 unspecified atom stereocenters. The van der Waals surface area contributed by atoms with E-state index in [9.17, 15) is 13.2 Å². The molecule has 0 spiro atoms. The third-order valence-electron chi connectivity index (χ3n) is 3.27. The molecule has 1 saturated heterocycles. The summed E-state index contributed by atoms with van der Waals surface area (Å²) >= 11 is 0. The Morgan fingerprint density at radius 3 is 2.44 bits per heavy atom. The lowest BCUT2D eigenvalue weighted by Gasteiger charge is -2.24. The molecule has 0 aromatic heterocycles. The Morgan fingerprint density at radius 2 is 1.94 bits per heavy atom. The third kappa shape index (κ3) is 2.67. The van der Waals surface area contributed by atoms with Gasteiger partial charge in [-0.1, -0.05) is 30.3 Å². The summed E-state index contributed by atoms with van der Waals surface area (Å²) in [5.41, 5.74) is 0.985. The SMILES string of the molecule is CC(c1ccccc1)N1CC(S(=O)(=O)Cl)CC1=O. The van der Waals surface area contributed by atoms with Crippen molar-refractivity contribution in [3.05, 3.63) is 35.9 Å². The summed E-state index contributed by atoms with van der Waals surface area (Å²) in [5.74, 6) is -0.166. The van der Waals surface area contributed by atoms with Gasteiger partial charge in [-0.25, -0.2) is 8.42 Å². The summed E-state index contributed by atoms with van der Waals surface area (Å²) in [6, 6.07) is 9.38. The average Bonchev–Trinajstić information content (AvgIpc) is 2.71. The molecule has 1 fully saturated rings. The lowest BCUT2D eigenvalue weighted by molar-refractivity contribution is -0.129. The highest BCUT2D eigenvalue weighted by molar-refractivity contribution is 8.14. The maximum Gasteiger partial charge on any atom is 0.237 e. The summed E-state index contributed by atoms with van der Waals surface area (Å²) in [6.07, 6.45) is -0.0248.